The molecule has 2 aliphatic rings. The van der Waals surface area contributed by atoms with Gasteiger partial charge in [0.2, 0.25) is 0 Å². The monoisotopic (exact) mass is 522 g/mol. The van der Waals surface area contributed by atoms with E-state index in [9.17, 15) is 24.7 Å². The Morgan fingerprint density at radius 3 is 2.82 bits per heavy atom. The van der Waals surface area contributed by atoms with Crippen LogP contribution in [0, 0.1) is 0 Å². The lowest BCUT2D eigenvalue weighted by Crippen LogP contribution is -2.71. The minimum absolute atomic E-state index is 0.0742. The molecule has 34 heavy (non-hydrogen) atoms. The molecule has 0 unspecified atom stereocenters. The molecular formula is C19H20N7O5S3+. The highest BCUT2D eigenvalue weighted by Crippen LogP contribution is 2.41. The van der Waals surface area contributed by atoms with Gasteiger partial charge in [-0.3, -0.25) is 14.5 Å². The van der Waals surface area contributed by atoms with Gasteiger partial charge in [0.05, 0.1) is 14.1 Å². The van der Waals surface area contributed by atoms with E-state index in [1.54, 1.807) is 11.5 Å². The van der Waals surface area contributed by atoms with Crippen LogP contribution >= 0.6 is 34.9 Å². The van der Waals surface area contributed by atoms with Crippen LogP contribution in [-0.2, 0) is 28.5 Å². The second-order valence-corrected chi connectivity index (χ2v) is 10.2. The Morgan fingerprint density at radius 2 is 2.24 bits per heavy atom. The van der Waals surface area contributed by atoms with Gasteiger partial charge in [-0.25, -0.2) is 18.9 Å². The Morgan fingerprint density at radius 1 is 1.47 bits per heavy atom. The number of nitrogen functional groups attached to an aromatic ring is 1. The van der Waals surface area contributed by atoms with E-state index in [1.165, 1.54) is 33.8 Å². The van der Waals surface area contributed by atoms with Crippen molar-refractivity contribution in [2.45, 2.75) is 16.6 Å². The maximum Gasteiger partial charge on any atom is 0.352 e. The number of hydrogen-bond acceptors (Lipinski definition) is 10. The number of carbonyl (C=O) groups is 3. The van der Waals surface area contributed by atoms with Crippen LogP contribution in [0.5, 0.6) is 0 Å². The number of aromatic nitrogens is 3. The van der Waals surface area contributed by atoms with Crippen LogP contribution in [0.25, 0.3) is 0 Å². The molecule has 4 heterocycles. The molecule has 2 amide bonds. The van der Waals surface area contributed by atoms with Crippen LogP contribution in [0.3, 0.4) is 0 Å². The first-order valence-corrected chi connectivity index (χ1v) is 12.5. The molecule has 0 bridgehead atoms. The molecule has 2 atom stereocenters. The highest BCUT2D eigenvalue weighted by molar-refractivity contribution is 8.02. The third-order valence-electron chi connectivity index (χ3n) is 5.13. The van der Waals surface area contributed by atoms with Crippen LogP contribution < -0.4 is 15.6 Å². The molecule has 5 N–H and O–H groups in total. The van der Waals surface area contributed by atoms with Gasteiger partial charge < -0.3 is 21.4 Å². The Balaban J connectivity index is 1.49. The van der Waals surface area contributed by atoms with Crippen molar-refractivity contribution in [3.8, 4) is 0 Å². The molecule has 0 saturated carbocycles. The SMILES string of the molecule is Cn1cc[n+](C)c1S/C=C/C1=C(C(=O)O)N2C(=O)[C@@H](NC(=O)/C(=N/O)c3csc(N)n3)[C@H]2SC1. The third-order valence-corrected chi connectivity index (χ3v) is 8.16. The zero-order valence-corrected chi connectivity index (χ0v) is 20.4. The summed E-state index contributed by atoms with van der Waals surface area (Å²) in [5, 5.41) is 28.3. The molecule has 1 fully saturated rings. The number of fused-ring (bicyclic) bond motifs is 1. The van der Waals surface area contributed by atoms with Gasteiger partial charge in [-0.05, 0) is 28.8 Å². The number of nitrogens with one attached hydrogen (secondary N) is 1. The number of carbonyl (C=O) groups excluding carboxylic acids is 2. The van der Waals surface area contributed by atoms with Crippen molar-refractivity contribution < 1.29 is 29.3 Å². The number of carboxylic acids is 1. The molecule has 0 spiro atoms. The smallest absolute Gasteiger partial charge is 0.352 e. The topological polar surface area (TPSA) is 167 Å². The van der Waals surface area contributed by atoms with Gasteiger partial charge in [-0.15, -0.1) is 23.1 Å². The number of β-lactam (4-membered cyclic amide) rings is 1. The normalized spacial score (nSPS) is 20.5. The van der Waals surface area contributed by atoms with E-state index in [-0.39, 0.29) is 22.2 Å². The van der Waals surface area contributed by atoms with Crippen LogP contribution in [0.15, 0.2) is 50.8 Å². The predicted molar refractivity (Wildman–Crippen MR) is 126 cm³/mol. The van der Waals surface area contributed by atoms with Gasteiger partial charge >= 0.3 is 11.1 Å². The summed E-state index contributed by atoms with van der Waals surface area (Å²) in [6.45, 7) is 0. The van der Waals surface area contributed by atoms with Gasteiger partial charge in [0.25, 0.3) is 11.8 Å². The maximum absolute atomic E-state index is 12.8. The van der Waals surface area contributed by atoms with Gasteiger partial charge in [0, 0.05) is 11.1 Å². The summed E-state index contributed by atoms with van der Waals surface area (Å²) in [5.41, 5.74) is 5.62. The summed E-state index contributed by atoms with van der Waals surface area (Å²) in [4.78, 5) is 42.5. The fourth-order valence-corrected chi connectivity index (χ4v) is 6.18. The fourth-order valence-electron chi connectivity index (χ4n) is 3.51. The molecule has 1 saturated heterocycles. The van der Waals surface area contributed by atoms with Crippen molar-refractivity contribution in [1.29, 1.82) is 0 Å². The molecule has 2 aromatic heterocycles. The van der Waals surface area contributed by atoms with E-state index in [0.717, 1.165) is 16.5 Å². The molecule has 12 nitrogen and oxygen atoms in total. The van der Waals surface area contributed by atoms with Crippen molar-refractivity contribution >= 4 is 63.5 Å². The number of amides is 2. The molecule has 178 valence electrons. The summed E-state index contributed by atoms with van der Waals surface area (Å²) in [7, 11) is 3.81. The van der Waals surface area contributed by atoms with Crippen molar-refractivity contribution in [2.24, 2.45) is 19.3 Å². The van der Waals surface area contributed by atoms with E-state index < -0.39 is 29.2 Å². The lowest BCUT2D eigenvalue weighted by atomic mass is 10.0. The number of anilines is 1. The van der Waals surface area contributed by atoms with Crippen molar-refractivity contribution in [3.63, 3.8) is 0 Å². The van der Waals surface area contributed by atoms with E-state index in [2.05, 4.69) is 15.5 Å². The average Bonchev–Trinajstić information content (AvgIpc) is 3.37. The van der Waals surface area contributed by atoms with E-state index in [0.29, 0.717) is 11.3 Å². The summed E-state index contributed by atoms with van der Waals surface area (Å²) < 4.78 is 3.87. The minimum Gasteiger partial charge on any atom is -0.477 e. The number of nitrogens with two attached hydrogens (primary N) is 1. The quantitative estimate of drug-likeness (QED) is 0.0985. The van der Waals surface area contributed by atoms with Crippen molar-refractivity contribution in [3.05, 3.63) is 46.2 Å². The number of hydrogen-bond donors (Lipinski definition) is 4. The largest absolute Gasteiger partial charge is 0.477 e. The molecular weight excluding hydrogens is 502 g/mol. The highest BCUT2D eigenvalue weighted by atomic mass is 32.2. The number of aliphatic carboxylic acids is 1. The number of thioether (sulfide) groups is 2. The number of carboxylic acid groups (broad SMARTS) is 1. The van der Waals surface area contributed by atoms with Crippen molar-refractivity contribution in [2.75, 3.05) is 11.5 Å². The first-order valence-electron chi connectivity index (χ1n) is 9.72. The molecule has 0 aliphatic carbocycles. The second kappa shape index (κ2) is 9.52. The molecule has 2 aliphatic heterocycles. The molecule has 15 heteroatoms. The summed E-state index contributed by atoms with van der Waals surface area (Å²) >= 11 is 3.82. The zero-order chi connectivity index (χ0) is 24.6. The van der Waals surface area contributed by atoms with Gasteiger partial charge in [-0.2, -0.15) is 0 Å². The number of nitrogens with zero attached hydrogens (tertiary/aromatic N) is 5. The third kappa shape index (κ3) is 4.28. The number of rotatable bonds is 7. The second-order valence-electron chi connectivity index (χ2n) is 7.28. The number of imidazole rings is 1. The molecule has 2 aromatic rings. The van der Waals surface area contributed by atoms with E-state index in [4.69, 9.17) is 5.73 Å². The first-order chi connectivity index (χ1) is 16.2. The van der Waals surface area contributed by atoms with Gasteiger partial charge in [0.1, 0.15) is 35.2 Å². The van der Waals surface area contributed by atoms with Gasteiger partial charge in [0.15, 0.2) is 10.8 Å². The number of allylic oxidation sites excluding steroid dienone is 1. The molecule has 4 rings (SSSR count). The average molecular weight is 523 g/mol. The molecule has 0 radical (unpaired) electrons. The predicted octanol–water partition coefficient (Wildman–Crippen LogP) is 0.111. The maximum atomic E-state index is 12.8. The van der Waals surface area contributed by atoms with Crippen molar-refractivity contribution in [1.82, 2.24) is 19.8 Å². The van der Waals surface area contributed by atoms with Crippen LogP contribution in [-0.4, -0.2) is 65.4 Å². The lowest BCUT2D eigenvalue weighted by molar-refractivity contribution is -0.709. The standard InChI is InChI=1S/C19H19N7O5S3/c1-24-4-5-25(2)19(24)32-6-3-9-7-33-16-12(15(28)26(16)13(9)17(29)30)22-14(27)11(23-31)10-8-34-18(20)21-10/h3-6,8,12,16H,7H2,1-2H3,(H4-,20,21,22,27,29,30,31)/p+1/b6-3+/t12-,16-/m1/s1. The van der Waals surface area contributed by atoms with E-state index in [1.807, 2.05) is 35.6 Å². The van der Waals surface area contributed by atoms with Crippen LogP contribution in [0.1, 0.15) is 5.69 Å². The van der Waals surface area contributed by atoms with E-state index >= 15 is 0 Å². The minimum atomic E-state index is -1.23. The summed E-state index contributed by atoms with van der Waals surface area (Å²) in [6, 6.07) is -0.970. The van der Waals surface area contributed by atoms with Crippen LogP contribution in [0.4, 0.5) is 5.13 Å². The Bertz CT molecular complexity index is 1250. The summed E-state index contributed by atoms with van der Waals surface area (Å²) in [5.74, 6) is -2.27. The first kappa shape index (κ1) is 23.8. The number of aryl methyl sites for hydroxylation is 2. The number of thiazole rings is 1. The van der Waals surface area contributed by atoms with Crippen LogP contribution in [0.2, 0.25) is 0 Å². The fraction of sp³-hybridized carbons (Fsp3) is 0.263. The molecule has 0 aromatic carbocycles. The summed E-state index contributed by atoms with van der Waals surface area (Å²) in [6.07, 6.45) is 5.50. The Labute approximate surface area is 205 Å². The van der Waals surface area contributed by atoms with Gasteiger partial charge in [-0.1, -0.05) is 5.16 Å². The Hall–Kier alpha value is -3.30. The zero-order valence-electron chi connectivity index (χ0n) is 17.9. The highest BCUT2D eigenvalue weighted by Gasteiger charge is 2.54. The number of oxime groups is 1. The lowest BCUT2D eigenvalue weighted by Gasteiger charge is -2.49. The Kier molecular flexibility index (Phi) is 6.67.